The number of carbonyl (C=O) groups is 1. The van der Waals surface area contributed by atoms with Gasteiger partial charge in [-0.1, -0.05) is 0 Å². The van der Waals surface area contributed by atoms with E-state index in [1.807, 2.05) is 19.9 Å². The summed E-state index contributed by atoms with van der Waals surface area (Å²) in [4.78, 5) is 21.7. The molecule has 0 radical (unpaired) electrons. The number of aryl methyl sites for hydroxylation is 2. The van der Waals surface area contributed by atoms with Crippen LogP contribution in [-0.2, 0) is 0 Å². The van der Waals surface area contributed by atoms with E-state index in [-0.39, 0.29) is 11.9 Å². The van der Waals surface area contributed by atoms with E-state index in [0.29, 0.717) is 12.1 Å². The van der Waals surface area contributed by atoms with Gasteiger partial charge in [-0.3, -0.25) is 9.78 Å². The zero-order valence-electron chi connectivity index (χ0n) is 13.7. The summed E-state index contributed by atoms with van der Waals surface area (Å²) in [5.74, 6) is -0.603. The van der Waals surface area contributed by atoms with Crippen molar-refractivity contribution in [2.24, 2.45) is 5.73 Å². The van der Waals surface area contributed by atoms with Gasteiger partial charge in [-0.25, -0.2) is 9.67 Å². The number of primary amides is 1. The first-order valence-corrected chi connectivity index (χ1v) is 7.84. The van der Waals surface area contributed by atoms with Gasteiger partial charge in [-0.2, -0.15) is 5.26 Å². The summed E-state index contributed by atoms with van der Waals surface area (Å²) in [7, 11) is 0. The highest BCUT2D eigenvalue weighted by atomic mass is 16.1. The highest BCUT2D eigenvalue weighted by Gasteiger charge is 2.25. The number of nitriles is 1. The first kappa shape index (κ1) is 15.9. The van der Waals surface area contributed by atoms with Crippen LogP contribution in [0.1, 0.15) is 46.5 Å². The van der Waals surface area contributed by atoms with Crippen LogP contribution in [0, 0.1) is 25.2 Å². The Balaban J connectivity index is 1.88. The number of aromatic nitrogens is 4. The summed E-state index contributed by atoms with van der Waals surface area (Å²) in [6.45, 7) is 5.34. The summed E-state index contributed by atoms with van der Waals surface area (Å²) < 4.78 is 1.69. The zero-order valence-corrected chi connectivity index (χ0v) is 13.7. The van der Waals surface area contributed by atoms with Crippen molar-refractivity contribution in [1.82, 2.24) is 19.7 Å². The van der Waals surface area contributed by atoms with Gasteiger partial charge in [0, 0.05) is 18.8 Å². The summed E-state index contributed by atoms with van der Waals surface area (Å²) in [5.41, 5.74) is 8.36. The number of nitrogens with two attached hydrogens (primary N) is 1. The predicted molar refractivity (Wildman–Crippen MR) is 87.4 cm³/mol. The molecule has 0 unspecified atom stereocenters. The van der Waals surface area contributed by atoms with Crippen molar-refractivity contribution in [1.29, 1.82) is 5.26 Å². The second kappa shape index (κ2) is 6.28. The minimum atomic E-state index is -0.631. The molecular weight excluding hydrogens is 306 g/mol. The van der Waals surface area contributed by atoms with Gasteiger partial charge in [0.05, 0.1) is 23.0 Å². The quantitative estimate of drug-likeness (QED) is 0.904. The van der Waals surface area contributed by atoms with Crippen LogP contribution in [0.4, 0.5) is 5.69 Å². The summed E-state index contributed by atoms with van der Waals surface area (Å²) in [5, 5.41) is 13.6. The van der Waals surface area contributed by atoms with Gasteiger partial charge >= 0.3 is 0 Å². The molecule has 3 rings (SSSR count). The number of carbonyl (C=O) groups excluding carboxylic acids is 1. The number of rotatable bonds is 3. The lowest BCUT2D eigenvalue weighted by Crippen LogP contribution is -2.37. The van der Waals surface area contributed by atoms with E-state index in [1.165, 1.54) is 0 Å². The first-order chi connectivity index (χ1) is 11.5. The Morgan fingerprint density at radius 1 is 1.46 bits per heavy atom. The average Bonchev–Trinajstić information content (AvgIpc) is 3.04. The number of piperidine rings is 1. The van der Waals surface area contributed by atoms with Crippen LogP contribution in [0.25, 0.3) is 0 Å². The van der Waals surface area contributed by atoms with E-state index < -0.39 is 5.91 Å². The predicted octanol–water partition coefficient (Wildman–Crippen LogP) is 1.10. The molecule has 1 fully saturated rings. The molecule has 2 aromatic rings. The Labute approximate surface area is 139 Å². The van der Waals surface area contributed by atoms with E-state index in [4.69, 9.17) is 5.73 Å². The van der Waals surface area contributed by atoms with Crippen LogP contribution in [0.15, 0.2) is 12.4 Å². The maximum Gasteiger partial charge on any atom is 0.288 e. The minimum absolute atomic E-state index is 0.0282. The molecular formula is C16H19N7O. The second-order valence-electron chi connectivity index (χ2n) is 6.01. The molecule has 2 N–H and O–H groups in total. The molecule has 8 heteroatoms. The number of anilines is 1. The molecule has 3 heterocycles. The smallest absolute Gasteiger partial charge is 0.288 e. The van der Waals surface area contributed by atoms with Crippen LogP contribution in [0.5, 0.6) is 0 Å². The summed E-state index contributed by atoms with van der Waals surface area (Å²) in [6, 6.07) is 4.29. The SMILES string of the molecule is Cc1cc(N2CCC[C@@H](n3cnc(C(N)=O)n3)C2)c(C#N)c(C)n1. The van der Waals surface area contributed by atoms with E-state index in [2.05, 4.69) is 26.0 Å². The third kappa shape index (κ3) is 2.93. The van der Waals surface area contributed by atoms with Crippen LogP contribution in [0.2, 0.25) is 0 Å². The number of hydrogen-bond acceptors (Lipinski definition) is 6. The lowest BCUT2D eigenvalue weighted by atomic mass is 10.0. The fraction of sp³-hybridized carbons (Fsp3) is 0.438. The van der Waals surface area contributed by atoms with E-state index in [9.17, 15) is 10.1 Å². The van der Waals surface area contributed by atoms with Crippen molar-refractivity contribution in [3.8, 4) is 6.07 Å². The van der Waals surface area contributed by atoms with Gasteiger partial charge in [-0.15, -0.1) is 5.10 Å². The van der Waals surface area contributed by atoms with Crippen molar-refractivity contribution in [2.75, 3.05) is 18.0 Å². The molecule has 0 bridgehead atoms. The van der Waals surface area contributed by atoms with Gasteiger partial charge in [0.1, 0.15) is 12.4 Å². The maximum absolute atomic E-state index is 11.2. The van der Waals surface area contributed by atoms with Gasteiger partial charge in [-0.05, 0) is 32.8 Å². The van der Waals surface area contributed by atoms with E-state index >= 15 is 0 Å². The van der Waals surface area contributed by atoms with Crippen molar-refractivity contribution >= 4 is 11.6 Å². The monoisotopic (exact) mass is 325 g/mol. The maximum atomic E-state index is 11.2. The number of nitrogens with zero attached hydrogens (tertiary/aromatic N) is 6. The highest BCUT2D eigenvalue weighted by molar-refractivity contribution is 5.88. The molecule has 1 atom stereocenters. The average molecular weight is 325 g/mol. The van der Waals surface area contributed by atoms with Gasteiger partial charge in [0.15, 0.2) is 0 Å². The largest absolute Gasteiger partial charge is 0.368 e. The molecule has 1 amide bonds. The van der Waals surface area contributed by atoms with Gasteiger partial charge in [0.25, 0.3) is 5.91 Å². The summed E-state index contributed by atoms with van der Waals surface area (Å²) in [6.07, 6.45) is 3.44. The van der Waals surface area contributed by atoms with Crippen molar-refractivity contribution in [3.63, 3.8) is 0 Å². The van der Waals surface area contributed by atoms with Gasteiger partial charge in [0.2, 0.25) is 5.82 Å². The van der Waals surface area contributed by atoms with Crippen LogP contribution in [0.3, 0.4) is 0 Å². The van der Waals surface area contributed by atoms with E-state index in [1.54, 1.807) is 11.0 Å². The summed E-state index contributed by atoms with van der Waals surface area (Å²) >= 11 is 0. The molecule has 1 aliphatic rings. The van der Waals surface area contributed by atoms with Crippen molar-refractivity contribution < 1.29 is 4.79 Å². The third-order valence-electron chi connectivity index (χ3n) is 4.26. The molecule has 8 nitrogen and oxygen atoms in total. The minimum Gasteiger partial charge on any atom is -0.368 e. The molecule has 24 heavy (non-hydrogen) atoms. The Kier molecular flexibility index (Phi) is 4.16. The lowest BCUT2D eigenvalue weighted by Gasteiger charge is -2.35. The topological polar surface area (TPSA) is 114 Å². The molecule has 0 spiro atoms. The van der Waals surface area contributed by atoms with Crippen molar-refractivity contribution in [2.45, 2.75) is 32.7 Å². The van der Waals surface area contributed by atoms with Gasteiger partial charge < -0.3 is 10.6 Å². The fourth-order valence-corrected chi connectivity index (χ4v) is 3.15. The van der Waals surface area contributed by atoms with E-state index in [0.717, 1.165) is 36.5 Å². The number of hydrogen-bond donors (Lipinski definition) is 1. The zero-order chi connectivity index (χ0) is 17.3. The second-order valence-corrected chi connectivity index (χ2v) is 6.01. The number of pyridine rings is 1. The normalized spacial score (nSPS) is 17.5. The first-order valence-electron chi connectivity index (χ1n) is 7.84. The van der Waals surface area contributed by atoms with Crippen LogP contribution < -0.4 is 10.6 Å². The Morgan fingerprint density at radius 3 is 2.92 bits per heavy atom. The van der Waals surface area contributed by atoms with Crippen molar-refractivity contribution in [3.05, 3.63) is 35.2 Å². The molecule has 0 aliphatic carbocycles. The number of amides is 1. The Bertz CT molecular complexity index is 820. The van der Waals surface area contributed by atoms with Crippen LogP contribution in [-0.4, -0.2) is 38.7 Å². The molecule has 2 aromatic heterocycles. The van der Waals surface area contributed by atoms with Crippen LogP contribution >= 0.6 is 0 Å². The molecule has 1 saturated heterocycles. The lowest BCUT2D eigenvalue weighted by molar-refractivity contribution is 0.0990. The molecule has 0 aromatic carbocycles. The molecule has 124 valence electrons. The fourth-order valence-electron chi connectivity index (χ4n) is 3.15. The standard InChI is InChI=1S/C16H19N7O/c1-10-6-14(13(7-17)11(2)20-10)22-5-3-4-12(8-22)23-9-19-16(21-23)15(18)24/h6,9,12H,3-5,8H2,1-2H3,(H2,18,24)/t12-/m1/s1. The Morgan fingerprint density at radius 2 is 2.25 bits per heavy atom. The Hall–Kier alpha value is -2.95. The molecule has 1 aliphatic heterocycles. The highest BCUT2D eigenvalue weighted by Crippen LogP contribution is 2.29. The third-order valence-corrected chi connectivity index (χ3v) is 4.26. The molecule has 0 saturated carbocycles.